The number of nitrogens with zero attached hydrogens (tertiary/aromatic N) is 3. The molecule has 2 heterocycles. The molecule has 1 atom stereocenters. The highest BCUT2D eigenvalue weighted by molar-refractivity contribution is 7.89. The number of carbonyl (C=O) groups excluding carboxylic acids is 1. The molecule has 7 nitrogen and oxygen atoms in total. The molecule has 0 bridgehead atoms. The Morgan fingerprint density at radius 3 is 2.53 bits per heavy atom. The Bertz CT molecular complexity index is 1300. The molecule has 1 N–H and O–H groups in total. The van der Waals surface area contributed by atoms with Gasteiger partial charge in [0.25, 0.3) is 5.91 Å². The average Bonchev–Trinajstić information content (AvgIpc) is 3.40. The normalized spacial score (nSPS) is 16.9. The number of rotatable bonds is 5. The van der Waals surface area contributed by atoms with Gasteiger partial charge < -0.3 is 5.32 Å². The minimum absolute atomic E-state index is 0.00232. The molecule has 13 heteroatoms. The summed E-state index contributed by atoms with van der Waals surface area (Å²) >= 11 is 0.825. The van der Waals surface area contributed by atoms with Crippen LogP contribution < -0.4 is 5.32 Å². The van der Waals surface area contributed by atoms with Crippen LogP contribution in [0.2, 0.25) is 0 Å². The van der Waals surface area contributed by atoms with Crippen LogP contribution in [-0.2, 0) is 10.0 Å². The van der Waals surface area contributed by atoms with Crippen molar-refractivity contribution in [1.29, 1.82) is 0 Å². The Hall–Kier alpha value is -2.90. The Balaban J connectivity index is 1.56. The Labute approximate surface area is 183 Å². The first-order valence-electron chi connectivity index (χ1n) is 9.23. The van der Waals surface area contributed by atoms with Gasteiger partial charge in [-0.2, -0.15) is 4.31 Å². The highest BCUT2D eigenvalue weighted by atomic mass is 32.2. The smallest absolute Gasteiger partial charge is 0.286 e. The highest BCUT2D eigenvalue weighted by Gasteiger charge is 2.39. The largest absolute Gasteiger partial charge is 0.320 e. The average molecular weight is 486 g/mol. The lowest BCUT2D eigenvalue weighted by atomic mass is 10.2. The van der Waals surface area contributed by atoms with Crippen molar-refractivity contribution in [3.63, 3.8) is 0 Å². The van der Waals surface area contributed by atoms with Crippen molar-refractivity contribution in [3.8, 4) is 0 Å². The molecule has 0 saturated carbocycles. The van der Waals surface area contributed by atoms with Gasteiger partial charge in [0.1, 0.15) is 21.5 Å². The van der Waals surface area contributed by atoms with E-state index < -0.39 is 50.1 Å². The van der Waals surface area contributed by atoms with Gasteiger partial charge in [-0.15, -0.1) is 10.2 Å². The zero-order chi connectivity index (χ0) is 23.0. The number of hydrogen-bond acceptors (Lipinski definition) is 6. The van der Waals surface area contributed by atoms with Crippen LogP contribution in [0.25, 0.3) is 0 Å². The van der Waals surface area contributed by atoms with Crippen LogP contribution in [0.1, 0.15) is 33.7 Å². The van der Waals surface area contributed by atoms with E-state index in [0.717, 1.165) is 39.9 Å². The SMILES string of the molecule is O=C(Nc1ccc(F)c(F)c1)c1nnc(C2CCCN2S(=O)(=O)c2ccc(F)cc2F)s1. The van der Waals surface area contributed by atoms with Gasteiger partial charge in [-0.3, -0.25) is 4.79 Å². The zero-order valence-corrected chi connectivity index (χ0v) is 17.7. The fourth-order valence-electron chi connectivity index (χ4n) is 3.30. The van der Waals surface area contributed by atoms with Crippen LogP contribution in [0.5, 0.6) is 0 Å². The van der Waals surface area contributed by atoms with Gasteiger partial charge in [0.05, 0.1) is 6.04 Å². The highest BCUT2D eigenvalue weighted by Crippen LogP contribution is 2.38. The molecule has 0 spiro atoms. The van der Waals surface area contributed by atoms with Gasteiger partial charge in [0.2, 0.25) is 15.0 Å². The van der Waals surface area contributed by atoms with E-state index in [1.807, 2.05) is 0 Å². The minimum atomic E-state index is -4.30. The van der Waals surface area contributed by atoms with Crippen molar-refractivity contribution >= 4 is 33.0 Å². The molecular formula is C19H14F4N4O3S2. The first kappa shape index (κ1) is 22.3. The summed E-state index contributed by atoms with van der Waals surface area (Å²) < 4.78 is 80.6. The first-order chi connectivity index (χ1) is 15.2. The van der Waals surface area contributed by atoms with Gasteiger partial charge >= 0.3 is 0 Å². The molecule has 4 rings (SSSR count). The van der Waals surface area contributed by atoms with Crippen LogP contribution in [0.15, 0.2) is 41.3 Å². The summed E-state index contributed by atoms with van der Waals surface area (Å²) in [4.78, 5) is 11.7. The second kappa shape index (κ2) is 8.56. The summed E-state index contributed by atoms with van der Waals surface area (Å²) in [6, 6.07) is 4.24. The topological polar surface area (TPSA) is 92.3 Å². The number of sulfonamides is 1. The number of anilines is 1. The van der Waals surface area contributed by atoms with E-state index in [4.69, 9.17) is 0 Å². The van der Waals surface area contributed by atoms with Gasteiger partial charge in [0, 0.05) is 24.4 Å². The number of benzene rings is 2. The van der Waals surface area contributed by atoms with E-state index in [9.17, 15) is 30.8 Å². The van der Waals surface area contributed by atoms with Crippen molar-refractivity contribution in [2.75, 3.05) is 11.9 Å². The fraction of sp³-hybridized carbons (Fsp3) is 0.211. The summed E-state index contributed by atoms with van der Waals surface area (Å²) in [7, 11) is -4.30. The predicted octanol–water partition coefficient (Wildman–Crippen LogP) is 3.87. The van der Waals surface area contributed by atoms with Gasteiger partial charge in [0.15, 0.2) is 11.6 Å². The summed E-state index contributed by atoms with van der Waals surface area (Å²) in [6.45, 7) is 0.0831. The summed E-state index contributed by atoms with van der Waals surface area (Å²) in [6.07, 6.45) is 0.824. The van der Waals surface area contributed by atoms with Gasteiger partial charge in [-0.25, -0.2) is 26.0 Å². The quantitative estimate of drug-likeness (QED) is 0.553. The van der Waals surface area contributed by atoms with E-state index in [1.165, 1.54) is 6.07 Å². The minimum Gasteiger partial charge on any atom is -0.320 e. The Kier molecular flexibility index (Phi) is 5.97. The molecule has 32 heavy (non-hydrogen) atoms. The maximum Gasteiger partial charge on any atom is 0.286 e. The summed E-state index contributed by atoms with van der Waals surface area (Å²) in [5.74, 6) is -5.06. The zero-order valence-electron chi connectivity index (χ0n) is 16.1. The fourth-order valence-corrected chi connectivity index (χ4v) is 5.97. The molecular weight excluding hydrogens is 472 g/mol. The maximum absolute atomic E-state index is 14.1. The molecule has 1 saturated heterocycles. The predicted molar refractivity (Wildman–Crippen MR) is 106 cm³/mol. The maximum atomic E-state index is 14.1. The Morgan fingerprint density at radius 2 is 1.81 bits per heavy atom. The Morgan fingerprint density at radius 1 is 1.03 bits per heavy atom. The van der Waals surface area contributed by atoms with Crippen molar-refractivity contribution in [2.45, 2.75) is 23.8 Å². The van der Waals surface area contributed by atoms with Crippen LogP contribution >= 0.6 is 11.3 Å². The molecule has 1 unspecified atom stereocenters. The molecule has 2 aromatic carbocycles. The molecule has 1 aromatic heterocycles. The summed E-state index contributed by atoms with van der Waals surface area (Å²) in [5, 5.41) is 10.1. The second-order valence-electron chi connectivity index (χ2n) is 6.88. The number of carbonyl (C=O) groups is 1. The third-order valence-electron chi connectivity index (χ3n) is 4.78. The van der Waals surface area contributed by atoms with Gasteiger partial charge in [-0.05, 0) is 37.1 Å². The van der Waals surface area contributed by atoms with Crippen molar-refractivity contribution in [3.05, 3.63) is 69.7 Å². The molecule has 1 aliphatic rings. The molecule has 1 fully saturated rings. The third-order valence-corrected chi connectivity index (χ3v) is 7.75. The first-order valence-corrected chi connectivity index (χ1v) is 11.5. The molecule has 1 aliphatic heterocycles. The van der Waals surface area contributed by atoms with Crippen molar-refractivity contribution < 1.29 is 30.8 Å². The number of aromatic nitrogens is 2. The lowest BCUT2D eigenvalue weighted by molar-refractivity contribution is 0.102. The van der Waals surface area contributed by atoms with E-state index in [-0.39, 0.29) is 22.2 Å². The van der Waals surface area contributed by atoms with E-state index in [2.05, 4.69) is 15.5 Å². The van der Waals surface area contributed by atoms with Crippen LogP contribution in [-0.4, -0.2) is 35.4 Å². The lowest BCUT2D eigenvalue weighted by Crippen LogP contribution is -2.31. The molecule has 0 aliphatic carbocycles. The molecule has 168 valence electrons. The monoisotopic (exact) mass is 486 g/mol. The summed E-state index contributed by atoms with van der Waals surface area (Å²) in [5.41, 5.74) is 0.00232. The van der Waals surface area contributed by atoms with Gasteiger partial charge in [-0.1, -0.05) is 11.3 Å². The van der Waals surface area contributed by atoms with E-state index in [0.29, 0.717) is 18.9 Å². The lowest BCUT2D eigenvalue weighted by Gasteiger charge is -2.22. The second-order valence-corrected chi connectivity index (χ2v) is 9.75. The standard InChI is InChI=1S/C19H14F4N4O3S2/c20-10-3-6-16(14(23)8-10)32(29,30)27-7-1-2-15(27)18-25-26-19(31-18)17(28)24-11-4-5-12(21)13(22)9-11/h3-6,8-9,15H,1-2,7H2,(H,24,28). The van der Waals surface area contributed by atoms with Crippen LogP contribution in [0, 0.1) is 23.3 Å². The van der Waals surface area contributed by atoms with Crippen molar-refractivity contribution in [1.82, 2.24) is 14.5 Å². The number of amides is 1. The molecule has 0 radical (unpaired) electrons. The number of halogens is 4. The van der Waals surface area contributed by atoms with Crippen LogP contribution in [0.3, 0.4) is 0 Å². The van der Waals surface area contributed by atoms with Crippen LogP contribution in [0.4, 0.5) is 23.2 Å². The van der Waals surface area contributed by atoms with E-state index >= 15 is 0 Å². The number of hydrogen-bond donors (Lipinski definition) is 1. The van der Waals surface area contributed by atoms with Crippen molar-refractivity contribution in [2.24, 2.45) is 0 Å². The number of nitrogens with one attached hydrogen (secondary N) is 1. The molecule has 1 amide bonds. The molecule has 3 aromatic rings. The van der Waals surface area contributed by atoms with E-state index in [1.54, 1.807) is 0 Å². The third kappa shape index (κ3) is 4.23.